The summed E-state index contributed by atoms with van der Waals surface area (Å²) in [6.07, 6.45) is 1.18. The molecule has 0 fully saturated rings. The summed E-state index contributed by atoms with van der Waals surface area (Å²) in [6.45, 7) is 9.94. The molecule has 0 saturated heterocycles. The summed E-state index contributed by atoms with van der Waals surface area (Å²) >= 11 is 0. The highest BCUT2D eigenvalue weighted by Crippen LogP contribution is 2.06. The second-order valence-corrected chi connectivity index (χ2v) is 5.31. The number of nitrogens with two attached hydrogens (primary N) is 1. The molecular weight excluding hydrogens is 204 g/mol. The summed E-state index contributed by atoms with van der Waals surface area (Å²) in [4.78, 5) is 11.4. The fourth-order valence-electron chi connectivity index (χ4n) is 1.11. The number of amides is 1. The fraction of sp³-hybridized carbons (Fsp3) is 0.917. The predicted molar refractivity (Wildman–Crippen MR) is 66.2 cm³/mol. The van der Waals surface area contributed by atoms with Crippen LogP contribution in [0, 0.1) is 5.92 Å². The van der Waals surface area contributed by atoms with Gasteiger partial charge in [-0.05, 0) is 26.2 Å². The zero-order valence-electron chi connectivity index (χ0n) is 11.0. The molecule has 0 aliphatic carbocycles. The standard InChI is InChI=1S/C12H26N2O2/c1-10(2)9-16-8-7-14-11(15)5-6-12(3,4)13/h10H,5-9,13H2,1-4H3,(H,14,15). The quantitative estimate of drug-likeness (QED) is 0.618. The Labute approximate surface area is 98.9 Å². The molecule has 96 valence electrons. The molecule has 16 heavy (non-hydrogen) atoms. The summed E-state index contributed by atoms with van der Waals surface area (Å²) in [5.41, 5.74) is 5.52. The average Bonchev–Trinajstić information content (AvgIpc) is 2.12. The van der Waals surface area contributed by atoms with E-state index in [1.54, 1.807) is 0 Å². The highest BCUT2D eigenvalue weighted by molar-refractivity contribution is 5.75. The highest BCUT2D eigenvalue weighted by atomic mass is 16.5. The molecule has 3 N–H and O–H groups in total. The smallest absolute Gasteiger partial charge is 0.220 e. The van der Waals surface area contributed by atoms with E-state index in [0.717, 1.165) is 6.61 Å². The Balaban J connectivity index is 3.38. The predicted octanol–water partition coefficient (Wildman–Crippen LogP) is 1.29. The van der Waals surface area contributed by atoms with E-state index < -0.39 is 0 Å². The Kier molecular flexibility index (Phi) is 7.34. The zero-order valence-corrected chi connectivity index (χ0v) is 11.0. The van der Waals surface area contributed by atoms with Crippen molar-refractivity contribution in [3.8, 4) is 0 Å². The number of ether oxygens (including phenoxy) is 1. The molecule has 0 aliphatic rings. The minimum absolute atomic E-state index is 0.0478. The van der Waals surface area contributed by atoms with Crippen molar-refractivity contribution in [3.63, 3.8) is 0 Å². The van der Waals surface area contributed by atoms with Crippen LogP contribution in [0.3, 0.4) is 0 Å². The maximum absolute atomic E-state index is 11.4. The molecule has 0 aromatic heterocycles. The third-order valence-electron chi connectivity index (χ3n) is 2.02. The van der Waals surface area contributed by atoms with Crippen LogP contribution in [-0.4, -0.2) is 31.2 Å². The minimum atomic E-state index is -0.272. The Hall–Kier alpha value is -0.610. The second kappa shape index (κ2) is 7.63. The summed E-state index contributed by atoms with van der Waals surface area (Å²) in [6, 6.07) is 0. The molecule has 0 aromatic rings. The monoisotopic (exact) mass is 230 g/mol. The van der Waals surface area contributed by atoms with E-state index in [2.05, 4.69) is 19.2 Å². The number of carbonyl (C=O) groups excluding carboxylic acids is 1. The van der Waals surface area contributed by atoms with E-state index in [-0.39, 0.29) is 11.4 Å². The van der Waals surface area contributed by atoms with E-state index in [4.69, 9.17) is 10.5 Å². The number of rotatable bonds is 8. The van der Waals surface area contributed by atoms with Crippen molar-refractivity contribution in [2.24, 2.45) is 11.7 Å². The number of nitrogens with one attached hydrogen (secondary N) is 1. The molecule has 0 heterocycles. The van der Waals surface area contributed by atoms with Crippen molar-refractivity contribution in [2.45, 2.75) is 46.1 Å². The van der Waals surface area contributed by atoms with Gasteiger partial charge >= 0.3 is 0 Å². The third-order valence-corrected chi connectivity index (χ3v) is 2.02. The van der Waals surface area contributed by atoms with Crippen LogP contribution in [0.1, 0.15) is 40.5 Å². The first kappa shape index (κ1) is 15.4. The van der Waals surface area contributed by atoms with Crippen LogP contribution in [0.4, 0.5) is 0 Å². The first-order chi connectivity index (χ1) is 7.31. The highest BCUT2D eigenvalue weighted by Gasteiger charge is 2.12. The van der Waals surface area contributed by atoms with Crippen molar-refractivity contribution < 1.29 is 9.53 Å². The van der Waals surface area contributed by atoms with Crippen molar-refractivity contribution in [1.82, 2.24) is 5.32 Å². The van der Waals surface area contributed by atoms with Gasteiger partial charge in [-0.15, -0.1) is 0 Å². The van der Waals surface area contributed by atoms with Crippen molar-refractivity contribution >= 4 is 5.91 Å². The molecule has 0 radical (unpaired) electrons. The molecular formula is C12H26N2O2. The van der Waals surface area contributed by atoms with Crippen LogP contribution >= 0.6 is 0 Å². The molecule has 0 saturated carbocycles. The normalized spacial score (nSPS) is 11.9. The van der Waals surface area contributed by atoms with Crippen molar-refractivity contribution in [2.75, 3.05) is 19.8 Å². The molecule has 0 bridgehead atoms. The van der Waals surface area contributed by atoms with E-state index in [1.165, 1.54) is 0 Å². The van der Waals surface area contributed by atoms with Crippen LogP contribution in [0.2, 0.25) is 0 Å². The van der Waals surface area contributed by atoms with Gasteiger partial charge in [-0.1, -0.05) is 13.8 Å². The topological polar surface area (TPSA) is 64.3 Å². The van der Waals surface area contributed by atoms with E-state index in [1.807, 2.05) is 13.8 Å². The Morgan fingerprint density at radius 3 is 2.56 bits per heavy atom. The molecule has 4 nitrogen and oxygen atoms in total. The SMILES string of the molecule is CC(C)COCCNC(=O)CCC(C)(C)N. The third kappa shape index (κ3) is 11.5. The Morgan fingerprint density at radius 1 is 1.44 bits per heavy atom. The van der Waals surface area contributed by atoms with E-state index in [9.17, 15) is 4.79 Å². The lowest BCUT2D eigenvalue weighted by atomic mass is 10.00. The maximum atomic E-state index is 11.4. The Morgan fingerprint density at radius 2 is 2.06 bits per heavy atom. The lowest BCUT2D eigenvalue weighted by Crippen LogP contribution is -2.35. The molecule has 0 aliphatic heterocycles. The number of hydrogen-bond donors (Lipinski definition) is 2. The van der Waals surface area contributed by atoms with E-state index >= 15 is 0 Å². The summed E-state index contributed by atoms with van der Waals surface area (Å²) in [5.74, 6) is 0.584. The lowest BCUT2D eigenvalue weighted by molar-refractivity contribution is -0.121. The van der Waals surface area contributed by atoms with Gasteiger partial charge in [0, 0.05) is 25.1 Å². The van der Waals surface area contributed by atoms with Crippen LogP contribution in [-0.2, 0) is 9.53 Å². The first-order valence-corrected chi connectivity index (χ1v) is 5.94. The average molecular weight is 230 g/mol. The number of carbonyl (C=O) groups is 1. The summed E-state index contributed by atoms with van der Waals surface area (Å²) in [7, 11) is 0. The van der Waals surface area contributed by atoms with Crippen LogP contribution in [0.25, 0.3) is 0 Å². The molecule has 4 heteroatoms. The van der Waals surface area contributed by atoms with Crippen molar-refractivity contribution in [3.05, 3.63) is 0 Å². The van der Waals surface area contributed by atoms with Gasteiger partial charge in [0.05, 0.1) is 6.61 Å². The fourth-order valence-corrected chi connectivity index (χ4v) is 1.11. The number of hydrogen-bond acceptors (Lipinski definition) is 3. The summed E-state index contributed by atoms with van der Waals surface area (Å²) in [5, 5.41) is 2.81. The van der Waals surface area contributed by atoms with Crippen LogP contribution < -0.4 is 11.1 Å². The van der Waals surface area contributed by atoms with Gasteiger partial charge in [-0.3, -0.25) is 4.79 Å². The maximum Gasteiger partial charge on any atom is 0.220 e. The van der Waals surface area contributed by atoms with Crippen LogP contribution in [0.15, 0.2) is 0 Å². The minimum Gasteiger partial charge on any atom is -0.379 e. The largest absolute Gasteiger partial charge is 0.379 e. The van der Waals surface area contributed by atoms with Gasteiger partial charge in [0.25, 0.3) is 0 Å². The van der Waals surface area contributed by atoms with Gasteiger partial charge in [-0.2, -0.15) is 0 Å². The van der Waals surface area contributed by atoms with Gasteiger partial charge in [0.2, 0.25) is 5.91 Å². The van der Waals surface area contributed by atoms with Crippen molar-refractivity contribution in [1.29, 1.82) is 0 Å². The molecule has 1 amide bonds. The molecule has 0 spiro atoms. The van der Waals surface area contributed by atoms with Crippen LogP contribution in [0.5, 0.6) is 0 Å². The van der Waals surface area contributed by atoms with Gasteiger partial charge < -0.3 is 15.8 Å². The second-order valence-electron chi connectivity index (χ2n) is 5.31. The molecule has 0 rings (SSSR count). The van der Waals surface area contributed by atoms with Gasteiger partial charge in [-0.25, -0.2) is 0 Å². The summed E-state index contributed by atoms with van der Waals surface area (Å²) < 4.78 is 5.35. The van der Waals surface area contributed by atoms with Gasteiger partial charge in [0.15, 0.2) is 0 Å². The van der Waals surface area contributed by atoms with E-state index in [0.29, 0.717) is 31.9 Å². The Bertz CT molecular complexity index is 198. The molecule has 0 unspecified atom stereocenters. The first-order valence-electron chi connectivity index (χ1n) is 5.94. The lowest BCUT2D eigenvalue weighted by Gasteiger charge is -2.17. The van der Waals surface area contributed by atoms with Gasteiger partial charge in [0.1, 0.15) is 0 Å². The zero-order chi connectivity index (χ0) is 12.6. The molecule has 0 atom stereocenters. The molecule has 0 aromatic carbocycles.